The second-order valence-corrected chi connectivity index (χ2v) is 4.82. The number of rotatable bonds is 6. The van der Waals surface area contributed by atoms with Gasteiger partial charge in [0.1, 0.15) is 17.3 Å². The van der Waals surface area contributed by atoms with Crippen LogP contribution in [0.3, 0.4) is 0 Å². The molecule has 0 unspecified atom stereocenters. The zero-order chi connectivity index (χ0) is 15.9. The van der Waals surface area contributed by atoms with Crippen LogP contribution < -0.4 is 10.6 Å². The molecule has 0 aliphatic heterocycles. The van der Waals surface area contributed by atoms with Crippen molar-refractivity contribution >= 4 is 17.4 Å². The van der Waals surface area contributed by atoms with E-state index in [0.717, 1.165) is 17.7 Å². The van der Waals surface area contributed by atoms with Crippen molar-refractivity contribution in [3.8, 4) is 0 Å². The average molecular weight is 296 g/mol. The molecular weight excluding hydrogens is 276 g/mol. The summed E-state index contributed by atoms with van der Waals surface area (Å²) in [6, 6.07) is 9.39. The minimum Gasteiger partial charge on any atom is -0.366 e. The van der Waals surface area contributed by atoms with E-state index in [4.69, 9.17) is 0 Å². The SMILES string of the molecule is C=CCNc1cc(C(=O)Nc2ccccc2CC)nc(C)n1. The quantitative estimate of drug-likeness (QED) is 0.803. The normalized spacial score (nSPS) is 10.1. The van der Waals surface area contributed by atoms with E-state index in [1.54, 1.807) is 19.1 Å². The van der Waals surface area contributed by atoms with E-state index in [1.807, 2.05) is 24.3 Å². The second-order valence-electron chi connectivity index (χ2n) is 4.82. The van der Waals surface area contributed by atoms with Crippen molar-refractivity contribution < 1.29 is 4.79 Å². The lowest BCUT2D eigenvalue weighted by Gasteiger charge is -2.10. The molecule has 0 aliphatic rings. The number of carbonyl (C=O) groups excluding carboxylic acids is 1. The first kappa shape index (κ1) is 15.7. The number of para-hydroxylation sites is 1. The summed E-state index contributed by atoms with van der Waals surface area (Å²) >= 11 is 0. The summed E-state index contributed by atoms with van der Waals surface area (Å²) in [6.45, 7) is 8.04. The van der Waals surface area contributed by atoms with Crippen LogP contribution in [0.25, 0.3) is 0 Å². The van der Waals surface area contributed by atoms with E-state index in [9.17, 15) is 4.79 Å². The van der Waals surface area contributed by atoms with Gasteiger partial charge in [-0.05, 0) is 25.0 Å². The van der Waals surface area contributed by atoms with E-state index >= 15 is 0 Å². The van der Waals surface area contributed by atoms with Gasteiger partial charge in [0.05, 0.1) is 0 Å². The Bertz CT molecular complexity index is 682. The molecule has 0 saturated carbocycles. The Morgan fingerprint density at radius 2 is 2.09 bits per heavy atom. The minimum absolute atomic E-state index is 0.243. The molecule has 0 spiro atoms. The molecule has 1 aromatic heterocycles. The molecule has 5 nitrogen and oxygen atoms in total. The third-order valence-corrected chi connectivity index (χ3v) is 3.14. The Hall–Kier alpha value is -2.69. The van der Waals surface area contributed by atoms with Crippen molar-refractivity contribution in [2.24, 2.45) is 0 Å². The van der Waals surface area contributed by atoms with Crippen LogP contribution in [0.1, 0.15) is 28.8 Å². The summed E-state index contributed by atoms with van der Waals surface area (Å²) < 4.78 is 0. The first-order valence-corrected chi connectivity index (χ1v) is 7.23. The number of nitrogens with one attached hydrogen (secondary N) is 2. The summed E-state index contributed by atoms with van der Waals surface area (Å²) in [5.41, 5.74) is 2.24. The fraction of sp³-hybridized carbons (Fsp3) is 0.235. The molecule has 2 rings (SSSR count). The lowest BCUT2D eigenvalue weighted by Crippen LogP contribution is -2.16. The Morgan fingerprint density at radius 3 is 2.82 bits per heavy atom. The fourth-order valence-electron chi connectivity index (χ4n) is 2.09. The standard InChI is InChI=1S/C17H20N4O/c1-4-10-18-16-11-15(19-12(3)20-16)17(22)21-14-9-7-6-8-13(14)5-2/h4,6-9,11H,1,5,10H2,2-3H3,(H,21,22)(H,18,19,20). The molecule has 5 heteroatoms. The van der Waals surface area contributed by atoms with Crippen LogP contribution in [0.5, 0.6) is 0 Å². The molecule has 1 aromatic carbocycles. The van der Waals surface area contributed by atoms with E-state index in [1.165, 1.54) is 0 Å². The number of nitrogens with zero attached hydrogens (tertiary/aromatic N) is 2. The van der Waals surface area contributed by atoms with Gasteiger partial charge in [-0.1, -0.05) is 31.2 Å². The number of hydrogen-bond acceptors (Lipinski definition) is 4. The van der Waals surface area contributed by atoms with Gasteiger partial charge in [-0.3, -0.25) is 4.79 Å². The van der Waals surface area contributed by atoms with Gasteiger partial charge in [-0.2, -0.15) is 0 Å². The molecule has 0 atom stereocenters. The number of aromatic nitrogens is 2. The lowest BCUT2D eigenvalue weighted by atomic mass is 10.1. The molecule has 0 fully saturated rings. The molecular formula is C17H20N4O. The Morgan fingerprint density at radius 1 is 1.32 bits per heavy atom. The maximum absolute atomic E-state index is 12.4. The molecule has 1 heterocycles. The van der Waals surface area contributed by atoms with Crippen LogP contribution in [0, 0.1) is 6.92 Å². The Labute approximate surface area is 130 Å². The number of benzene rings is 1. The van der Waals surface area contributed by atoms with Crippen molar-refractivity contribution in [3.63, 3.8) is 0 Å². The number of hydrogen-bond donors (Lipinski definition) is 2. The Balaban J connectivity index is 2.22. The highest BCUT2D eigenvalue weighted by molar-refractivity contribution is 6.03. The number of amides is 1. The summed E-state index contributed by atoms with van der Waals surface area (Å²) in [6.07, 6.45) is 2.58. The Kier molecular flexibility index (Phi) is 5.25. The smallest absolute Gasteiger partial charge is 0.274 e. The van der Waals surface area contributed by atoms with Crippen molar-refractivity contribution in [3.05, 3.63) is 60.1 Å². The topological polar surface area (TPSA) is 66.9 Å². The van der Waals surface area contributed by atoms with Crippen LogP contribution in [-0.4, -0.2) is 22.4 Å². The van der Waals surface area contributed by atoms with Gasteiger partial charge in [-0.25, -0.2) is 9.97 Å². The fourth-order valence-corrected chi connectivity index (χ4v) is 2.09. The summed E-state index contributed by atoms with van der Waals surface area (Å²) in [5, 5.41) is 5.98. The predicted octanol–water partition coefficient (Wildman–Crippen LogP) is 3.20. The molecule has 0 saturated heterocycles. The molecule has 2 aromatic rings. The molecule has 2 N–H and O–H groups in total. The molecule has 0 aliphatic carbocycles. The van der Waals surface area contributed by atoms with E-state index in [0.29, 0.717) is 23.9 Å². The third kappa shape index (κ3) is 3.91. The van der Waals surface area contributed by atoms with Crippen LogP contribution >= 0.6 is 0 Å². The van der Waals surface area contributed by atoms with E-state index in [-0.39, 0.29) is 5.91 Å². The largest absolute Gasteiger partial charge is 0.366 e. The van der Waals surface area contributed by atoms with Crippen LogP contribution in [0.15, 0.2) is 43.0 Å². The van der Waals surface area contributed by atoms with Crippen LogP contribution in [0.4, 0.5) is 11.5 Å². The van der Waals surface area contributed by atoms with E-state index in [2.05, 4.69) is 34.1 Å². The maximum atomic E-state index is 12.4. The van der Waals surface area contributed by atoms with Gasteiger partial charge in [0.2, 0.25) is 0 Å². The predicted molar refractivity (Wildman–Crippen MR) is 89.2 cm³/mol. The van der Waals surface area contributed by atoms with Crippen LogP contribution in [-0.2, 0) is 6.42 Å². The molecule has 0 radical (unpaired) electrons. The molecule has 0 bridgehead atoms. The summed E-state index contributed by atoms with van der Waals surface area (Å²) in [4.78, 5) is 20.9. The zero-order valence-corrected chi connectivity index (χ0v) is 12.9. The van der Waals surface area contributed by atoms with Gasteiger partial charge in [0.25, 0.3) is 5.91 Å². The van der Waals surface area contributed by atoms with Gasteiger partial charge in [-0.15, -0.1) is 6.58 Å². The summed E-state index contributed by atoms with van der Waals surface area (Å²) in [5.74, 6) is 0.914. The highest BCUT2D eigenvalue weighted by Crippen LogP contribution is 2.17. The summed E-state index contributed by atoms with van der Waals surface area (Å²) in [7, 11) is 0. The highest BCUT2D eigenvalue weighted by atomic mass is 16.1. The lowest BCUT2D eigenvalue weighted by molar-refractivity contribution is 0.102. The molecule has 114 valence electrons. The molecule has 1 amide bonds. The third-order valence-electron chi connectivity index (χ3n) is 3.14. The zero-order valence-electron chi connectivity index (χ0n) is 12.9. The van der Waals surface area contributed by atoms with Gasteiger partial charge >= 0.3 is 0 Å². The van der Waals surface area contributed by atoms with Crippen LogP contribution in [0.2, 0.25) is 0 Å². The van der Waals surface area contributed by atoms with Gasteiger partial charge in [0.15, 0.2) is 0 Å². The number of carbonyl (C=O) groups is 1. The monoisotopic (exact) mass is 296 g/mol. The second kappa shape index (κ2) is 7.36. The van der Waals surface area contributed by atoms with Crippen molar-refractivity contribution in [1.82, 2.24) is 9.97 Å². The molecule has 22 heavy (non-hydrogen) atoms. The van der Waals surface area contributed by atoms with Crippen molar-refractivity contribution in [2.75, 3.05) is 17.2 Å². The van der Waals surface area contributed by atoms with Crippen molar-refractivity contribution in [1.29, 1.82) is 0 Å². The van der Waals surface area contributed by atoms with Crippen molar-refractivity contribution in [2.45, 2.75) is 20.3 Å². The average Bonchev–Trinajstić information content (AvgIpc) is 2.53. The first-order valence-electron chi connectivity index (χ1n) is 7.23. The number of aryl methyl sites for hydroxylation is 2. The van der Waals surface area contributed by atoms with Gasteiger partial charge < -0.3 is 10.6 Å². The number of anilines is 2. The minimum atomic E-state index is -0.243. The van der Waals surface area contributed by atoms with Gasteiger partial charge in [0, 0.05) is 18.3 Å². The first-order chi connectivity index (χ1) is 10.6. The van der Waals surface area contributed by atoms with E-state index < -0.39 is 0 Å². The highest BCUT2D eigenvalue weighted by Gasteiger charge is 2.12. The maximum Gasteiger partial charge on any atom is 0.274 e.